The van der Waals surface area contributed by atoms with Gasteiger partial charge in [0.25, 0.3) is 10.1 Å². The number of rotatable bonds is 21. The minimum Gasteiger partial charge on any atom is -0.393 e. The van der Waals surface area contributed by atoms with E-state index in [1.165, 1.54) is 57.8 Å². The lowest BCUT2D eigenvalue weighted by Crippen LogP contribution is -2.21. The first-order valence-corrected chi connectivity index (χ1v) is 13.6. The molecule has 2 N–H and O–H groups in total. The molecule has 0 aromatic carbocycles. The SMILES string of the molecule is CCCCCCCCCCCCC(O)CCCC(CCCCCC)S(=O)(=O)O. The van der Waals surface area contributed by atoms with Crippen LogP contribution in [0.1, 0.15) is 136 Å². The maximum atomic E-state index is 11.5. The van der Waals surface area contributed by atoms with Gasteiger partial charge in [0.05, 0.1) is 11.4 Å². The van der Waals surface area contributed by atoms with E-state index in [1.807, 2.05) is 0 Å². The average molecular weight is 421 g/mol. The predicted octanol–water partition coefficient (Wildman–Crippen LogP) is 7.06. The van der Waals surface area contributed by atoms with Crippen LogP contribution in [0.4, 0.5) is 0 Å². The van der Waals surface area contributed by atoms with Crippen molar-refractivity contribution < 1.29 is 18.1 Å². The zero-order valence-corrected chi connectivity index (χ0v) is 19.5. The predicted molar refractivity (Wildman–Crippen MR) is 120 cm³/mol. The molecule has 0 saturated carbocycles. The van der Waals surface area contributed by atoms with E-state index in [-0.39, 0.29) is 6.10 Å². The van der Waals surface area contributed by atoms with Crippen molar-refractivity contribution in [2.75, 3.05) is 0 Å². The first-order chi connectivity index (χ1) is 13.4. The molecule has 5 heteroatoms. The van der Waals surface area contributed by atoms with Gasteiger partial charge in [-0.15, -0.1) is 0 Å². The Morgan fingerprint density at radius 2 is 0.929 bits per heavy atom. The van der Waals surface area contributed by atoms with Gasteiger partial charge in [-0.05, 0) is 32.1 Å². The second kappa shape index (κ2) is 18.9. The van der Waals surface area contributed by atoms with E-state index >= 15 is 0 Å². The van der Waals surface area contributed by atoms with Crippen LogP contribution in [-0.4, -0.2) is 29.4 Å². The molecule has 2 atom stereocenters. The third kappa shape index (κ3) is 17.9. The number of unbranched alkanes of at least 4 members (excludes halogenated alkanes) is 12. The first kappa shape index (κ1) is 27.9. The molecule has 0 heterocycles. The molecule has 0 rings (SSSR count). The lowest BCUT2D eigenvalue weighted by Gasteiger charge is -2.15. The Morgan fingerprint density at radius 1 is 0.571 bits per heavy atom. The summed E-state index contributed by atoms with van der Waals surface area (Å²) in [7, 11) is -3.97. The Labute approximate surface area is 175 Å². The van der Waals surface area contributed by atoms with Crippen molar-refractivity contribution in [2.45, 2.75) is 147 Å². The summed E-state index contributed by atoms with van der Waals surface area (Å²) in [6.45, 7) is 4.37. The van der Waals surface area contributed by atoms with Crippen LogP contribution in [0.3, 0.4) is 0 Å². The fraction of sp³-hybridized carbons (Fsp3) is 1.00. The smallest absolute Gasteiger partial charge is 0.267 e. The van der Waals surface area contributed by atoms with Gasteiger partial charge in [-0.25, -0.2) is 0 Å². The number of aliphatic hydroxyl groups is 1. The van der Waals surface area contributed by atoms with Gasteiger partial charge in [-0.2, -0.15) is 8.42 Å². The van der Waals surface area contributed by atoms with Crippen LogP contribution >= 0.6 is 0 Å². The van der Waals surface area contributed by atoms with Crippen LogP contribution in [0.5, 0.6) is 0 Å². The third-order valence-corrected chi connectivity index (χ3v) is 7.07. The maximum absolute atomic E-state index is 11.5. The number of hydrogen-bond acceptors (Lipinski definition) is 3. The quantitative estimate of drug-likeness (QED) is 0.154. The molecule has 0 spiro atoms. The van der Waals surface area contributed by atoms with Gasteiger partial charge in [-0.3, -0.25) is 4.55 Å². The van der Waals surface area contributed by atoms with E-state index in [1.54, 1.807) is 0 Å². The van der Waals surface area contributed by atoms with Crippen molar-refractivity contribution in [1.29, 1.82) is 0 Å². The van der Waals surface area contributed by atoms with Crippen LogP contribution in [0, 0.1) is 0 Å². The highest BCUT2D eigenvalue weighted by molar-refractivity contribution is 7.86. The van der Waals surface area contributed by atoms with Crippen molar-refractivity contribution in [2.24, 2.45) is 0 Å². The van der Waals surface area contributed by atoms with Gasteiger partial charge in [0.15, 0.2) is 0 Å². The summed E-state index contributed by atoms with van der Waals surface area (Å²) in [5.41, 5.74) is 0. The standard InChI is InChI=1S/C23H48O4S/c1-3-5-7-9-10-11-12-13-14-15-18-22(24)19-17-21-23(28(25,26)27)20-16-8-6-4-2/h22-24H,3-21H2,1-2H3,(H,25,26,27). The van der Waals surface area contributed by atoms with Gasteiger partial charge in [0, 0.05) is 0 Å². The van der Waals surface area contributed by atoms with Gasteiger partial charge in [0.1, 0.15) is 0 Å². The molecule has 2 unspecified atom stereocenters. The zero-order valence-electron chi connectivity index (χ0n) is 18.7. The molecule has 0 radical (unpaired) electrons. The topological polar surface area (TPSA) is 74.6 Å². The summed E-state index contributed by atoms with van der Waals surface area (Å²) in [5.74, 6) is 0. The molecule has 0 saturated heterocycles. The van der Waals surface area contributed by atoms with Crippen molar-refractivity contribution in [3.63, 3.8) is 0 Å². The highest BCUT2D eigenvalue weighted by Gasteiger charge is 2.22. The van der Waals surface area contributed by atoms with Crippen molar-refractivity contribution in [1.82, 2.24) is 0 Å². The highest BCUT2D eigenvalue weighted by Crippen LogP contribution is 2.19. The fourth-order valence-electron chi connectivity index (χ4n) is 3.83. The van der Waals surface area contributed by atoms with Crippen LogP contribution in [-0.2, 0) is 10.1 Å². The monoisotopic (exact) mass is 420 g/mol. The molecule has 0 aliphatic rings. The largest absolute Gasteiger partial charge is 0.393 e. The molecule has 0 aliphatic heterocycles. The Balaban J connectivity index is 3.68. The first-order valence-electron chi connectivity index (χ1n) is 12.1. The number of hydrogen-bond donors (Lipinski definition) is 2. The lowest BCUT2D eigenvalue weighted by atomic mass is 10.0. The van der Waals surface area contributed by atoms with Crippen molar-refractivity contribution >= 4 is 10.1 Å². The summed E-state index contributed by atoms with van der Waals surface area (Å²) in [5, 5.41) is 9.46. The summed E-state index contributed by atoms with van der Waals surface area (Å²) >= 11 is 0. The van der Waals surface area contributed by atoms with E-state index in [0.29, 0.717) is 25.7 Å². The van der Waals surface area contributed by atoms with E-state index in [4.69, 9.17) is 0 Å². The molecule has 0 amide bonds. The van der Waals surface area contributed by atoms with E-state index in [0.717, 1.165) is 38.5 Å². The van der Waals surface area contributed by atoms with Crippen LogP contribution in [0.2, 0.25) is 0 Å². The van der Waals surface area contributed by atoms with Gasteiger partial charge >= 0.3 is 0 Å². The Bertz CT molecular complexity index is 422. The minimum absolute atomic E-state index is 0.337. The van der Waals surface area contributed by atoms with Gasteiger partial charge in [0.2, 0.25) is 0 Å². The average Bonchev–Trinajstić information content (AvgIpc) is 2.64. The number of aliphatic hydroxyl groups excluding tert-OH is 1. The van der Waals surface area contributed by atoms with E-state index < -0.39 is 15.4 Å². The van der Waals surface area contributed by atoms with Crippen molar-refractivity contribution in [3.05, 3.63) is 0 Å². The molecule has 28 heavy (non-hydrogen) atoms. The molecule has 0 fully saturated rings. The summed E-state index contributed by atoms with van der Waals surface area (Å²) in [4.78, 5) is 0. The van der Waals surface area contributed by atoms with E-state index in [9.17, 15) is 18.1 Å². The highest BCUT2D eigenvalue weighted by atomic mass is 32.2. The molecule has 0 aliphatic carbocycles. The van der Waals surface area contributed by atoms with Crippen LogP contribution < -0.4 is 0 Å². The summed E-state index contributed by atoms with van der Waals surface area (Å²) < 4.78 is 32.5. The van der Waals surface area contributed by atoms with Crippen LogP contribution in [0.25, 0.3) is 0 Å². The molecule has 4 nitrogen and oxygen atoms in total. The lowest BCUT2D eigenvalue weighted by molar-refractivity contribution is 0.147. The normalized spacial score (nSPS) is 14.3. The van der Waals surface area contributed by atoms with Gasteiger partial charge < -0.3 is 5.11 Å². The Hall–Kier alpha value is -0.130. The summed E-state index contributed by atoms with van der Waals surface area (Å²) in [6.07, 6.45) is 19.7. The molecular weight excluding hydrogens is 372 g/mol. The molecule has 0 aromatic heterocycles. The van der Waals surface area contributed by atoms with Gasteiger partial charge in [-0.1, -0.05) is 104 Å². The minimum atomic E-state index is -3.97. The second-order valence-corrected chi connectivity index (χ2v) is 10.2. The maximum Gasteiger partial charge on any atom is 0.267 e. The zero-order chi connectivity index (χ0) is 21.1. The Kier molecular flexibility index (Phi) is 18.8. The van der Waals surface area contributed by atoms with Crippen molar-refractivity contribution in [3.8, 4) is 0 Å². The Morgan fingerprint density at radius 3 is 1.43 bits per heavy atom. The van der Waals surface area contributed by atoms with Crippen LogP contribution in [0.15, 0.2) is 0 Å². The third-order valence-electron chi connectivity index (χ3n) is 5.76. The summed E-state index contributed by atoms with van der Waals surface area (Å²) in [6, 6.07) is 0. The molecule has 0 bridgehead atoms. The van der Waals surface area contributed by atoms with E-state index in [2.05, 4.69) is 13.8 Å². The second-order valence-electron chi connectivity index (χ2n) is 8.54. The fourth-order valence-corrected chi connectivity index (χ4v) is 4.76. The molecule has 170 valence electrons. The molecule has 0 aromatic rings. The molecular formula is C23H48O4S.